The Hall–Kier alpha value is 0.0200. The smallest absolute Gasteiger partial charge is 0.329 e. The molecule has 0 fully saturated rings. The highest BCUT2D eigenvalue weighted by molar-refractivity contribution is 7.91. The van der Waals surface area contributed by atoms with Crippen LogP contribution < -0.4 is 0 Å². The lowest BCUT2D eigenvalue weighted by molar-refractivity contribution is -0.874. The van der Waals surface area contributed by atoms with E-state index in [9.17, 15) is 13.0 Å². The summed E-state index contributed by atoms with van der Waals surface area (Å²) in [6.07, 6.45) is 20.5. The molecule has 9 heteroatoms. The van der Waals surface area contributed by atoms with Crippen LogP contribution in [0.3, 0.4) is 0 Å². The molecule has 0 saturated heterocycles. The minimum atomic E-state index is -3.09. The monoisotopic (exact) mass is 556 g/mol. The predicted octanol–water partition coefficient (Wildman–Crippen LogP) is 7.50. The summed E-state index contributed by atoms with van der Waals surface area (Å²) in [5.74, 6) is 0.280. The number of likely N-dealkylation sites (N-methyl/N-ethyl adjacent to an activating group) is 1. The number of quaternary nitrogens is 1. The van der Waals surface area contributed by atoms with E-state index in [1.165, 1.54) is 83.5 Å². The lowest BCUT2D eigenvalue weighted by Gasteiger charge is -2.26. The fourth-order valence-electron chi connectivity index (χ4n) is 4.35. The summed E-state index contributed by atoms with van der Waals surface area (Å²) in [5.41, 5.74) is 0. The van der Waals surface area contributed by atoms with Crippen molar-refractivity contribution in [2.45, 2.75) is 129 Å². The van der Waals surface area contributed by atoms with Crippen molar-refractivity contribution in [3.05, 3.63) is 0 Å². The maximum absolute atomic E-state index is 12.2. The van der Waals surface area contributed by atoms with Crippen LogP contribution in [-0.2, 0) is 28.5 Å². The van der Waals surface area contributed by atoms with Crippen LogP contribution in [0.2, 0.25) is 0 Å². The molecule has 0 N–H and O–H groups in total. The van der Waals surface area contributed by atoms with Gasteiger partial charge in [-0.2, -0.15) is 4.67 Å². The van der Waals surface area contributed by atoms with E-state index in [2.05, 4.69) is 6.92 Å². The first-order valence-electron chi connectivity index (χ1n) is 14.6. The van der Waals surface area contributed by atoms with Crippen molar-refractivity contribution < 1.29 is 31.6 Å². The van der Waals surface area contributed by atoms with Gasteiger partial charge >= 0.3 is 8.25 Å². The summed E-state index contributed by atoms with van der Waals surface area (Å²) in [6.45, 7) is 4.89. The molecule has 36 heavy (non-hydrogen) atoms. The second-order valence-electron chi connectivity index (χ2n) is 11.4. The van der Waals surface area contributed by atoms with Crippen molar-refractivity contribution in [1.29, 1.82) is 0 Å². The summed E-state index contributed by atoms with van der Waals surface area (Å²) in [6, 6.07) is 0. The van der Waals surface area contributed by atoms with Crippen molar-refractivity contribution in [1.82, 2.24) is 0 Å². The average molecular weight is 557 g/mol. The number of sulfone groups is 1. The molecule has 0 saturated carbocycles. The lowest BCUT2D eigenvalue weighted by Crippen LogP contribution is -2.41. The van der Waals surface area contributed by atoms with Crippen molar-refractivity contribution in [3.8, 4) is 0 Å². The van der Waals surface area contributed by atoms with E-state index in [4.69, 9.17) is 14.1 Å². The number of hydrogen-bond donors (Lipinski definition) is 0. The number of rotatable bonds is 27. The Balaban J connectivity index is 3.51. The molecule has 0 bridgehead atoms. The van der Waals surface area contributed by atoms with Crippen LogP contribution >= 0.6 is 8.25 Å². The SMILES string of the molecule is CCCCCCCCCCCCCCCCCCS(=O)(=O)CCCO[PH](=O)OOC(C)C[N+](C)(C)C. The highest BCUT2D eigenvalue weighted by Gasteiger charge is 2.16. The fourth-order valence-corrected chi connectivity index (χ4v) is 6.36. The van der Waals surface area contributed by atoms with Gasteiger partial charge in [-0.3, -0.25) is 4.57 Å². The van der Waals surface area contributed by atoms with Crippen LogP contribution in [0.1, 0.15) is 123 Å². The van der Waals surface area contributed by atoms with Crippen LogP contribution in [0.25, 0.3) is 0 Å². The minimum Gasteiger partial charge on any atom is -0.329 e. The molecular formula is C27H59NO6PS+. The summed E-state index contributed by atoms with van der Waals surface area (Å²) >= 11 is 0. The summed E-state index contributed by atoms with van der Waals surface area (Å²) < 4.78 is 46.7. The van der Waals surface area contributed by atoms with Gasteiger partial charge in [-0.25, -0.2) is 13.3 Å². The highest BCUT2D eigenvalue weighted by atomic mass is 32.2. The third kappa shape index (κ3) is 27.1. The molecule has 0 aliphatic heterocycles. The Morgan fingerprint density at radius 1 is 0.694 bits per heavy atom. The molecule has 0 radical (unpaired) electrons. The number of unbranched alkanes of at least 4 members (excludes halogenated alkanes) is 15. The predicted molar refractivity (Wildman–Crippen MR) is 152 cm³/mol. The van der Waals surface area contributed by atoms with Gasteiger partial charge in [-0.15, -0.1) is 0 Å². The maximum Gasteiger partial charge on any atom is 0.347 e. The molecule has 7 nitrogen and oxygen atoms in total. The summed E-state index contributed by atoms with van der Waals surface area (Å²) in [7, 11) is 0.218. The van der Waals surface area contributed by atoms with Crippen molar-refractivity contribution in [2.75, 3.05) is 45.8 Å². The first-order chi connectivity index (χ1) is 17.1. The Morgan fingerprint density at radius 2 is 1.11 bits per heavy atom. The highest BCUT2D eigenvalue weighted by Crippen LogP contribution is 2.25. The van der Waals surface area contributed by atoms with Gasteiger partial charge in [0.05, 0.1) is 39.3 Å². The molecule has 2 unspecified atom stereocenters. The first kappa shape index (κ1) is 36.0. The third-order valence-electron chi connectivity index (χ3n) is 6.21. The zero-order valence-corrected chi connectivity index (χ0v) is 26.0. The van der Waals surface area contributed by atoms with Crippen molar-refractivity contribution in [3.63, 3.8) is 0 Å². The van der Waals surface area contributed by atoms with Gasteiger partial charge in [0, 0.05) is 0 Å². The van der Waals surface area contributed by atoms with Gasteiger partial charge in [-0.05, 0) is 19.8 Å². The molecular weight excluding hydrogens is 497 g/mol. The van der Waals surface area contributed by atoms with Crippen LogP contribution in [0.15, 0.2) is 0 Å². The number of hydrogen-bond acceptors (Lipinski definition) is 6. The quantitative estimate of drug-likeness (QED) is 0.0343. The maximum atomic E-state index is 12.2. The van der Waals surface area contributed by atoms with E-state index >= 15 is 0 Å². The third-order valence-corrected chi connectivity index (χ3v) is 8.71. The Labute approximate surface area is 224 Å². The van der Waals surface area contributed by atoms with E-state index in [0.717, 1.165) is 19.3 Å². The van der Waals surface area contributed by atoms with Crippen LogP contribution in [0.5, 0.6) is 0 Å². The Morgan fingerprint density at radius 3 is 1.56 bits per heavy atom. The molecule has 0 aliphatic carbocycles. The molecule has 0 aromatic carbocycles. The first-order valence-corrected chi connectivity index (χ1v) is 17.6. The van der Waals surface area contributed by atoms with E-state index < -0.39 is 18.1 Å². The summed E-state index contributed by atoms with van der Waals surface area (Å²) in [4.78, 5) is 5.09. The van der Waals surface area contributed by atoms with E-state index in [1.54, 1.807) is 0 Å². The molecule has 0 rings (SSSR count). The molecule has 0 aromatic rings. The summed E-state index contributed by atoms with van der Waals surface area (Å²) in [5, 5.41) is 0. The van der Waals surface area contributed by atoms with Gasteiger partial charge in [-0.1, -0.05) is 103 Å². The largest absolute Gasteiger partial charge is 0.347 e. The average Bonchev–Trinajstić information content (AvgIpc) is 2.79. The number of nitrogens with zero attached hydrogens (tertiary/aromatic N) is 1. The zero-order valence-electron chi connectivity index (χ0n) is 24.2. The zero-order chi connectivity index (χ0) is 27.1. The molecule has 0 aromatic heterocycles. The minimum absolute atomic E-state index is 0.0552. The van der Waals surface area contributed by atoms with Gasteiger partial charge in [0.1, 0.15) is 22.5 Å². The second-order valence-corrected chi connectivity index (χ2v) is 14.6. The second kappa shape index (κ2) is 23.0. The molecule has 0 amide bonds. The molecule has 218 valence electrons. The Kier molecular flexibility index (Phi) is 23.0. The van der Waals surface area contributed by atoms with Crippen molar-refractivity contribution in [2.24, 2.45) is 0 Å². The van der Waals surface area contributed by atoms with Gasteiger partial charge in [0.15, 0.2) is 0 Å². The molecule has 0 spiro atoms. The Bertz CT molecular complexity index is 624. The van der Waals surface area contributed by atoms with Gasteiger partial charge in [0.2, 0.25) is 0 Å². The van der Waals surface area contributed by atoms with Crippen molar-refractivity contribution >= 4 is 18.1 Å². The van der Waals surface area contributed by atoms with E-state index in [1.807, 2.05) is 28.1 Å². The van der Waals surface area contributed by atoms with Gasteiger partial charge < -0.3 is 9.01 Å². The van der Waals surface area contributed by atoms with E-state index in [0.29, 0.717) is 17.4 Å². The van der Waals surface area contributed by atoms with Gasteiger partial charge in [0.25, 0.3) is 0 Å². The molecule has 0 aliphatic rings. The molecule has 2 atom stereocenters. The molecule has 0 heterocycles. The van der Waals surface area contributed by atoms with Crippen LogP contribution in [0, 0.1) is 0 Å². The normalized spacial score (nSPS) is 14.2. The fraction of sp³-hybridized carbons (Fsp3) is 1.00. The van der Waals surface area contributed by atoms with E-state index in [-0.39, 0.29) is 24.2 Å². The lowest BCUT2D eigenvalue weighted by atomic mass is 10.0. The van der Waals surface area contributed by atoms with Crippen LogP contribution in [0.4, 0.5) is 0 Å². The standard InChI is InChI=1S/C27H59NO6PS/c1-6-7-8-9-10-11-12-13-14-15-16-17-18-19-20-21-24-36(30,31)25-22-23-32-35(29)34-33-27(2)26-28(3,4)5/h27,35H,6-26H2,1-5H3/q+1. The topological polar surface area (TPSA) is 78.9 Å². The van der Waals surface area contributed by atoms with Crippen LogP contribution in [-0.4, -0.2) is 64.8 Å².